The molecule has 0 bridgehead atoms. The van der Waals surface area contributed by atoms with E-state index >= 15 is 0 Å². The topological polar surface area (TPSA) is 119 Å². The minimum atomic E-state index is -5.07. The van der Waals surface area contributed by atoms with Crippen LogP contribution >= 0.6 is 0 Å². The van der Waals surface area contributed by atoms with Gasteiger partial charge in [0.05, 0.1) is 23.6 Å². The molecule has 1 aromatic carbocycles. The summed E-state index contributed by atoms with van der Waals surface area (Å²) in [6, 6.07) is 6.15. The number of aromatic nitrogens is 2. The molecule has 2 aromatic rings. The Kier molecular flexibility index (Phi) is 8.50. The second-order valence-corrected chi connectivity index (χ2v) is 13.2. The molecule has 2 aliphatic carbocycles. The fraction of sp³-hybridized carbons (Fsp3) is 0.536. The average Bonchev–Trinajstić information content (AvgIpc) is 3.87. The van der Waals surface area contributed by atoms with Crippen molar-refractivity contribution in [3.8, 4) is 5.75 Å². The summed E-state index contributed by atoms with van der Waals surface area (Å²) < 4.78 is 115. The standard InChI is InChI=1S/C28H30F6N4O5S/c29-27(30,31)13-2-1-3-15-43-19-8-4-17(5-9-19)26(28(32,33)34)16-21(22-12-14-38(36-22)18-6-7-18)23(24(39)35-26)25(40)37-44(41,42)20-10-11-20/h4-5,8-9,12,14,18,20H,1-3,6-7,10-11,13,15-16H2,(H,35,39)(H,37,40). The second-order valence-electron chi connectivity index (χ2n) is 11.3. The molecule has 0 saturated heterocycles. The highest BCUT2D eigenvalue weighted by Gasteiger charge is 2.60. The number of nitrogens with one attached hydrogen (secondary N) is 2. The maximum atomic E-state index is 14.9. The van der Waals surface area contributed by atoms with E-state index in [1.165, 1.54) is 29.1 Å². The molecule has 0 spiro atoms. The first kappa shape index (κ1) is 31.9. The van der Waals surface area contributed by atoms with Crippen molar-refractivity contribution >= 4 is 27.4 Å². The Bertz CT molecular complexity index is 1540. The van der Waals surface area contributed by atoms with E-state index < -0.39 is 63.4 Å². The quantitative estimate of drug-likeness (QED) is 0.189. The third-order valence-corrected chi connectivity index (χ3v) is 9.58. The molecule has 9 nitrogen and oxygen atoms in total. The first-order valence-corrected chi connectivity index (χ1v) is 15.7. The highest BCUT2D eigenvalue weighted by Crippen LogP contribution is 2.49. The lowest BCUT2D eigenvalue weighted by Gasteiger charge is -2.41. The van der Waals surface area contributed by atoms with Crippen LogP contribution in [0.5, 0.6) is 5.75 Å². The van der Waals surface area contributed by atoms with Gasteiger partial charge < -0.3 is 10.1 Å². The van der Waals surface area contributed by atoms with E-state index in [0.717, 1.165) is 25.0 Å². The van der Waals surface area contributed by atoms with Crippen molar-refractivity contribution in [3.63, 3.8) is 0 Å². The van der Waals surface area contributed by atoms with Gasteiger partial charge in [-0.15, -0.1) is 0 Å². The lowest BCUT2D eigenvalue weighted by Crippen LogP contribution is -2.60. The van der Waals surface area contributed by atoms with Gasteiger partial charge in [0, 0.05) is 24.6 Å². The van der Waals surface area contributed by atoms with Gasteiger partial charge in [0.25, 0.3) is 11.8 Å². The molecule has 240 valence electrons. The third-order valence-electron chi connectivity index (χ3n) is 7.77. The van der Waals surface area contributed by atoms with Crippen LogP contribution in [0, 0.1) is 0 Å². The molecule has 5 rings (SSSR count). The molecule has 1 aromatic heterocycles. The number of carbonyl (C=O) groups excluding carboxylic acids is 2. The molecular formula is C28H30F6N4O5S. The van der Waals surface area contributed by atoms with Crippen molar-refractivity contribution in [2.45, 2.75) is 87.0 Å². The van der Waals surface area contributed by atoms with Crippen LogP contribution in [0.3, 0.4) is 0 Å². The molecule has 2 saturated carbocycles. The first-order chi connectivity index (χ1) is 20.6. The Morgan fingerprint density at radius 1 is 1.02 bits per heavy atom. The SMILES string of the molecule is O=C1NC(c2ccc(OCCCCCC(F)(F)F)cc2)(C(F)(F)F)CC(c2ccn(C3CC3)n2)=C1C(=O)NS(=O)(=O)C1CC1. The predicted molar refractivity (Wildman–Crippen MR) is 144 cm³/mol. The Labute approximate surface area is 249 Å². The van der Waals surface area contributed by atoms with Crippen molar-refractivity contribution < 1.29 is 49.1 Å². The van der Waals surface area contributed by atoms with E-state index in [9.17, 15) is 44.3 Å². The number of carbonyl (C=O) groups is 2. The summed E-state index contributed by atoms with van der Waals surface area (Å²) in [5.74, 6) is -2.57. The second kappa shape index (κ2) is 11.7. The normalized spacial score (nSPS) is 21.3. The van der Waals surface area contributed by atoms with Gasteiger partial charge in [-0.05, 0) is 68.7 Å². The van der Waals surface area contributed by atoms with Gasteiger partial charge in [0.15, 0.2) is 5.54 Å². The molecule has 1 unspecified atom stereocenters. The Hall–Kier alpha value is -3.56. The lowest BCUT2D eigenvalue weighted by molar-refractivity contribution is -0.202. The number of rotatable bonds is 12. The number of sulfonamides is 1. The zero-order valence-electron chi connectivity index (χ0n) is 23.3. The van der Waals surface area contributed by atoms with Crippen molar-refractivity contribution in [1.82, 2.24) is 19.8 Å². The lowest BCUT2D eigenvalue weighted by atomic mass is 9.77. The zero-order valence-corrected chi connectivity index (χ0v) is 24.1. The molecule has 2 heterocycles. The van der Waals surface area contributed by atoms with Gasteiger partial charge in [0.1, 0.15) is 11.3 Å². The van der Waals surface area contributed by atoms with Crippen LogP contribution in [-0.4, -0.2) is 54.2 Å². The van der Waals surface area contributed by atoms with Crippen molar-refractivity contribution in [2.24, 2.45) is 0 Å². The number of hydrogen-bond donors (Lipinski definition) is 2. The van der Waals surface area contributed by atoms with Crippen LogP contribution in [0.4, 0.5) is 26.3 Å². The summed E-state index contributed by atoms with van der Waals surface area (Å²) in [5, 5.41) is 5.46. The maximum Gasteiger partial charge on any atom is 0.416 e. The zero-order chi connectivity index (χ0) is 31.9. The third kappa shape index (κ3) is 7.05. The number of alkyl halides is 6. The highest BCUT2D eigenvalue weighted by atomic mass is 32.2. The summed E-state index contributed by atoms with van der Waals surface area (Å²) in [5.41, 5.74) is -4.55. The number of amides is 2. The molecule has 1 aliphatic heterocycles. The molecule has 2 N–H and O–H groups in total. The van der Waals surface area contributed by atoms with E-state index in [1.807, 2.05) is 10.0 Å². The number of hydrogen-bond acceptors (Lipinski definition) is 6. The first-order valence-electron chi connectivity index (χ1n) is 14.1. The van der Waals surface area contributed by atoms with E-state index in [-0.39, 0.29) is 48.1 Å². The van der Waals surface area contributed by atoms with E-state index in [2.05, 4.69) is 5.10 Å². The maximum absolute atomic E-state index is 14.9. The molecule has 44 heavy (non-hydrogen) atoms. The van der Waals surface area contributed by atoms with Gasteiger partial charge in [-0.2, -0.15) is 31.4 Å². The molecule has 16 heteroatoms. The van der Waals surface area contributed by atoms with E-state index in [0.29, 0.717) is 19.3 Å². The Morgan fingerprint density at radius 2 is 1.70 bits per heavy atom. The van der Waals surface area contributed by atoms with Crippen LogP contribution in [0.1, 0.15) is 75.1 Å². The smallest absolute Gasteiger partial charge is 0.416 e. The fourth-order valence-corrected chi connectivity index (χ4v) is 6.36. The van der Waals surface area contributed by atoms with Gasteiger partial charge in [0.2, 0.25) is 10.0 Å². The summed E-state index contributed by atoms with van der Waals surface area (Å²) in [6.07, 6.45) is -6.89. The minimum Gasteiger partial charge on any atom is -0.494 e. The predicted octanol–water partition coefficient (Wildman–Crippen LogP) is 5.06. The molecule has 3 aliphatic rings. The molecule has 2 fully saturated rings. The summed E-state index contributed by atoms with van der Waals surface area (Å²) in [7, 11) is -4.12. The van der Waals surface area contributed by atoms with Crippen LogP contribution in [0.15, 0.2) is 42.1 Å². The van der Waals surface area contributed by atoms with Gasteiger partial charge >= 0.3 is 12.4 Å². The molecular weight excluding hydrogens is 618 g/mol. The Balaban J connectivity index is 1.42. The monoisotopic (exact) mass is 648 g/mol. The van der Waals surface area contributed by atoms with E-state index in [4.69, 9.17) is 4.74 Å². The molecule has 0 radical (unpaired) electrons. The highest BCUT2D eigenvalue weighted by molar-refractivity contribution is 7.91. The molecule has 1 atom stereocenters. The summed E-state index contributed by atoms with van der Waals surface area (Å²) in [4.78, 5) is 26.5. The minimum absolute atomic E-state index is 0.0406. The van der Waals surface area contributed by atoms with Crippen LogP contribution in [0.25, 0.3) is 5.57 Å². The van der Waals surface area contributed by atoms with Crippen LogP contribution in [0.2, 0.25) is 0 Å². The van der Waals surface area contributed by atoms with Crippen molar-refractivity contribution in [2.75, 3.05) is 6.61 Å². The number of nitrogens with zero attached hydrogens (tertiary/aromatic N) is 2. The van der Waals surface area contributed by atoms with Gasteiger partial charge in [-0.3, -0.25) is 14.3 Å². The summed E-state index contributed by atoms with van der Waals surface area (Å²) >= 11 is 0. The van der Waals surface area contributed by atoms with Gasteiger partial charge in [-0.1, -0.05) is 12.1 Å². The number of benzene rings is 1. The number of ether oxygens (including phenoxy) is 1. The summed E-state index contributed by atoms with van der Waals surface area (Å²) in [6.45, 7) is 0.0527. The van der Waals surface area contributed by atoms with E-state index in [1.54, 1.807) is 0 Å². The average molecular weight is 649 g/mol. The van der Waals surface area contributed by atoms with Gasteiger partial charge in [-0.25, -0.2) is 13.1 Å². The van der Waals surface area contributed by atoms with Crippen LogP contribution in [-0.2, 0) is 25.2 Å². The van der Waals surface area contributed by atoms with Crippen molar-refractivity contribution in [3.05, 3.63) is 53.4 Å². The Morgan fingerprint density at radius 3 is 2.30 bits per heavy atom. The van der Waals surface area contributed by atoms with Crippen LogP contribution < -0.4 is 14.8 Å². The fourth-order valence-electron chi connectivity index (χ4n) is 5.07. The largest absolute Gasteiger partial charge is 0.494 e. The van der Waals surface area contributed by atoms with Crippen molar-refractivity contribution in [1.29, 1.82) is 0 Å². The molecule has 2 amide bonds. The number of halogens is 6. The number of unbranched alkanes of at least 4 members (excludes halogenated alkanes) is 2.